The van der Waals surface area contributed by atoms with Crippen molar-refractivity contribution in [3.8, 4) is 22.9 Å². The Labute approximate surface area is 275 Å². The van der Waals surface area contributed by atoms with Crippen molar-refractivity contribution < 1.29 is 23.9 Å². The van der Waals surface area contributed by atoms with E-state index in [2.05, 4.69) is 26.2 Å². The first-order valence-electron chi connectivity index (χ1n) is 15.4. The Bertz CT molecular complexity index is 1880. The van der Waals surface area contributed by atoms with Crippen molar-refractivity contribution >= 4 is 17.7 Å². The lowest BCUT2D eigenvalue weighted by Gasteiger charge is -2.24. The van der Waals surface area contributed by atoms with Gasteiger partial charge in [-0.3, -0.25) is 14.4 Å². The fourth-order valence-electron chi connectivity index (χ4n) is 5.28. The van der Waals surface area contributed by atoms with Crippen molar-refractivity contribution in [1.29, 1.82) is 0 Å². The highest BCUT2D eigenvalue weighted by Gasteiger charge is 2.24. The number of ether oxygens (including phenoxy) is 2. The van der Waals surface area contributed by atoms with Crippen molar-refractivity contribution in [1.82, 2.24) is 50.5 Å². The number of hydrogen-bond donors (Lipinski definition) is 2. The number of hydrogen-bond acceptors (Lipinski definition) is 10. The Morgan fingerprint density at radius 2 is 1.83 bits per heavy atom. The number of rotatable bonds is 5. The maximum atomic E-state index is 13.7. The summed E-state index contributed by atoms with van der Waals surface area (Å²) in [6.45, 7) is 2.65. The second-order valence-electron chi connectivity index (χ2n) is 11.1. The van der Waals surface area contributed by atoms with Crippen LogP contribution in [-0.2, 0) is 17.9 Å². The highest BCUT2D eigenvalue weighted by atomic mass is 16.5. The van der Waals surface area contributed by atoms with Crippen molar-refractivity contribution in [2.75, 3.05) is 33.4 Å². The van der Waals surface area contributed by atoms with Crippen molar-refractivity contribution in [3.63, 3.8) is 0 Å². The number of carbonyl (C=O) groups excluding carboxylic acids is 3. The number of tetrazole rings is 1. The molecule has 0 radical (unpaired) electrons. The van der Waals surface area contributed by atoms with Gasteiger partial charge in [-0.15, -0.1) is 5.10 Å². The van der Waals surface area contributed by atoms with Crippen LogP contribution >= 0.6 is 0 Å². The van der Waals surface area contributed by atoms with Crippen LogP contribution in [0.1, 0.15) is 45.1 Å². The van der Waals surface area contributed by atoms with Gasteiger partial charge < -0.3 is 25.0 Å². The summed E-state index contributed by atoms with van der Waals surface area (Å²) in [4.78, 5) is 46.5. The predicted molar refractivity (Wildman–Crippen MR) is 172 cm³/mol. The first-order chi connectivity index (χ1) is 23.4. The van der Waals surface area contributed by atoms with Gasteiger partial charge in [-0.05, 0) is 53.2 Å². The van der Waals surface area contributed by atoms with Crippen LogP contribution in [0, 0.1) is 0 Å². The summed E-state index contributed by atoms with van der Waals surface area (Å²) < 4.78 is 14.8. The maximum Gasteiger partial charge on any atom is 0.254 e. The molecule has 0 saturated carbocycles. The van der Waals surface area contributed by atoms with Crippen LogP contribution in [-0.4, -0.2) is 90.9 Å². The minimum atomic E-state index is -0.557. The molecule has 15 heteroatoms. The SMILES string of the molecule is COc1ccc2cc1OCCn1nc(-c3ccccc3)nc1[C@@H](C)NC(=O)CN(C(=O)c1ccc(Cn3cnnn3)cc1)CCNC2=O. The summed E-state index contributed by atoms with van der Waals surface area (Å²) in [6.07, 6.45) is 1.50. The maximum absolute atomic E-state index is 13.7. The van der Waals surface area contributed by atoms with E-state index in [1.54, 1.807) is 51.8 Å². The van der Waals surface area contributed by atoms with Crippen LogP contribution in [0.15, 0.2) is 79.1 Å². The van der Waals surface area contributed by atoms with Gasteiger partial charge in [0.25, 0.3) is 11.8 Å². The zero-order chi connectivity index (χ0) is 33.5. The molecule has 1 aliphatic rings. The average molecular weight is 651 g/mol. The molecule has 0 spiro atoms. The summed E-state index contributed by atoms with van der Waals surface area (Å²) >= 11 is 0. The first-order valence-corrected chi connectivity index (χ1v) is 15.4. The third kappa shape index (κ3) is 7.46. The fourth-order valence-corrected chi connectivity index (χ4v) is 5.28. The third-order valence-electron chi connectivity index (χ3n) is 7.71. The Balaban J connectivity index is 1.28. The number of carbonyl (C=O) groups is 3. The smallest absolute Gasteiger partial charge is 0.254 e. The molecule has 3 amide bonds. The topological polar surface area (TPSA) is 171 Å². The van der Waals surface area contributed by atoms with Crippen LogP contribution in [0.5, 0.6) is 11.5 Å². The monoisotopic (exact) mass is 650 g/mol. The van der Waals surface area contributed by atoms with E-state index in [1.807, 2.05) is 37.3 Å². The third-order valence-corrected chi connectivity index (χ3v) is 7.71. The van der Waals surface area contributed by atoms with E-state index in [0.717, 1.165) is 11.1 Å². The minimum Gasteiger partial charge on any atom is -0.493 e. The molecule has 246 valence electrons. The number of amides is 3. The van der Waals surface area contributed by atoms with E-state index in [1.165, 1.54) is 18.3 Å². The predicted octanol–water partition coefficient (Wildman–Crippen LogP) is 2.13. The normalized spacial score (nSPS) is 15.8. The van der Waals surface area contributed by atoms with Gasteiger partial charge in [-0.25, -0.2) is 14.3 Å². The van der Waals surface area contributed by atoms with E-state index >= 15 is 0 Å². The van der Waals surface area contributed by atoms with E-state index in [0.29, 0.717) is 47.4 Å². The van der Waals surface area contributed by atoms with Gasteiger partial charge >= 0.3 is 0 Å². The van der Waals surface area contributed by atoms with Crippen molar-refractivity contribution in [3.05, 3.63) is 102 Å². The number of nitrogens with one attached hydrogen (secondary N) is 2. The van der Waals surface area contributed by atoms with Crippen LogP contribution in [0.3, 0.4) is 0 Å². The zero-order valence-corrected chi connectivity index (χ0v) is 26.4. The highest BCUT2D eigenvalue weighted by molar-refractivity contribution is 5.97. The Hall–Kier alpha value is -6.12. The molecule has 3 heterocycles. The lowest BCUT2D eigenvalue weighted by Crippen LogP contribution is -2.45. The molecule has 1 aliphatic heterocycles. The quantitative estimate of drug-likeness (QED) is 0.287. The molecule has 2 N–H and O–H groups in total. The van der Waals surface area contributed by atoms with Gasteiger partial charge in [0.1, 0.15) is 18.8 Å². The Morgan fingerprint density at radius 3 is 2.58 bits per heavy atom. The van der Waals surface area contributed by atoms with Crippen LogP contribution in [0.25, 0.3) is 11.4 Å². The van der Waals surface area contributed by atoms with Crippen LogP contribution in [0.2, 0.25) is 0 Å². The molecule has 15 nitrogen and oxygen atoms in total. The molecule has 48 heavy (non-hydrogen) atoms. The van der Waals surface area contributed by atoms with Gasteiger partial charge in [0.2, 0.25) is 5.91 Å². The van der Waals surface area contributed by atoms with Crippen LogP contribution < -0.4 is 20.1 Å². The summed E-state index contributed by atoms with van der Waals surface area (Å²) in [5, 5.41) is 21.7. The Kier molecular flexibility index (Phi) is 9.64. The van der Waals surface area contributed by atoms with Gasteiger partial charge in [-0.1, -0.05) is 42.5 Å². The average Bonchev–Trinajstić information content (AvgIpc) is 3.78. The number of nitrogens with zero attached hydrogens (tertiary/aromatic N) is 8. The summed E-state index contributed by atoms with van der Waals surface area (Å²) in [6, 6.07) is 20.9. The molecular weight excluding hydrogens is 616 g/mol. The molecule has 0 fully saturated rings. The number of methoxy groups -OCH3 is 1. The molecule has 0 unspecified atom stereocenters. The molecule has 0 aliphatic carbocycles. The number of fused-ring (bicyclic) bond motifs is 3. The molecule has 2 aromatic heterocycles. The standard InChI is InChI=1S/C33H34N10O5/c1-22-31-37-30(24-6-4-3-5-7-24)38-43(31)16-17-48-28-18-26(12-13-27(28)47-2)32(45)34-14-15-41(20-29(44)36-22)33(46)25-10-8-23(9-11-25)19-42-21-35-39-40-42/h3-13,18,21-22H,14-17,19-20H2,1-2H3,(H,34,45)(H,36,44)/t22-/m1/s1. The number of aromatic nitrogens is 7. The number of benzene rings is 3. The van der Waals surface area contributed by atoms with Crippen molar-refractivity contribution in [2.24, 2.45) is 0 Å². The van der Waals surface area contributed by atoms with Gasteiger partial charge in [0.15, 0.2) is 17.3 Å². The van der Waals surface area contributed by atoms with Crippen LogP contribution in [0.4, 0.5) is 0 Å². The lowest BCUT2D eigenvalue weighted by atomic mass is 10.1. The van der Waals surface area contributed by atoms with Gasteiger partial charge in [0, 0.05) is 29.8 Å². The molecule has 5 aromatic rings. The second-order valence-corrected chi connectivity index (χ2v) is 11.1. The largest absolute Gasteiger partial charge is 0.493 e. The van der Waals surface area contributed by atoms with Gasteiger partial charge in [-0.2, -0.15) is 5.10 Å². The Morgan fingerprint density at radius 1 is 1.02 bits per heavy atom. The fraction of sp³-hybridized carbons (Fsp3) is 0.273. The van der Waals surface area contributed by atoms with E-state index in [4.69, 9.17) is 19.6 Å². The molecule has 0 saturated heterocycles. The molecule has 6 rings (SSSR count). The zero-order valence-electron chi connectivity index (χ0n) is 26.4. The molecule has 2 bridgehead atoms. The van der Waals surface area contributed by atoms with Gasteiger partial charge in [0.05, 0.1) is 32.8 Å². The lowest BCUT2D eigenvalue weighted by molar-refractivity contribution is -0.122. The molecular formula is C33H34N10O5. The summed E-state index contributed by atoms with van der Waals surface area (Å²) in [5.41, 5.74) is 2.45. The summed E-state index contributed by atoms with van der Waals surface area (Å²) in [5.74, 6) is 0.742. The first kappa shape index (κ1) is 31.8. The summed E-state index contributed by atoms with van der Waals surface area (Å²) in [7, 11) is 1.52. The second kappa shape index (κ2) is 14.5. The van der Waals surface area contributed by atoms with E-state index < -0.39 is 11.9 Å². The van der Waals surface area contributed by atoms with Crippen molar-refractivity contribution in [2.45, 2.75) is 26.1 Å². The minimum absolute atomic E-state index is 0.0760. The van der Waals surface area contributed by atoms with E-state index in [9.17, 15) is 14.4 Å². The molecule has 1 atom stereocenters. The highest BCUT2D eigenvalue weighted by Crippen LogP contribution is 2.28. The molecule has 3 aromatic carbocycles. The van der Waals surface area contributed by atoms with E-state index in [-0.39, 0.29) is 38.1 Å².